The zero-order valence-electron chi connectivity index (χ0n) is 13.4. The Morgan fingerprint density at radius 3 is 2.96 bits per heavy atom. The number of carbonyl (C=O) groups excluding carboxylic acids is 1. The topological polar surface area (TPSA) is 111 Å². The molecule has 2 unspecified atom stereocenters. The summed E-state index contributed by atoms with van der Waals surface area (Å²) in [5.74, 6) is 0.108. The average Bonchev–Trinajstić information content (AvgIpc) is 3.24. The number of thiazole rings is 1. The smallest absolute Gasteiger partial charge is 0.271 e. The largest absolute Gasteiger partial charge is 0.348 e. The monoisotopic (exact) mass is 382 g/mol. The Hall–Kier alpha value is -2.03. The molecule has 3 N–H and O–H groups in total. The molecule has 2 aromatic rings. The van der Waals surface area contributed by atoms with Crippen LogP contribution in [0.4, 0.5) is 5.69 Å². The van der Waals surface area contributed by atoms with Gasteiger partial charge in [0.2, 0.25) is 0 Å². The molecule has 1 aliphatic carbocycles. The lowest BCUT2D eigenvalue weighted by Crippen LogP contribution is -2.40. The molecule has 0 bridgehead atoms. The highest BCUT2D eigenvalue weighted by Crippen LogP contribution is 2.28. The van der Waals surface area contributed by atoms with Crippen LogP contribution in [0.3, 0.4) is 0 Å². The van der Waals surface area contributed by atoms with Gasteiger partial charge in [-0.1, -0.05) is 18.6 Å². The van der Waals surface area contributed by atoms with Crippen molar-refractivity contribution in [1.82, 2.24) is 10.3 Å². The van der Waals surface area contributed by atoms with Gasteiger partial charge in [0.1, 0.15) is 10.7 Å². The van der Waals surface area contributed by atoms with Crippen LogP contribution < -0.4 is 11.1 Å². The number of nitrogens with zero attached hydrogens (tertiary/aromatic N) is 2. The highest BCUT2D eigenvalue weighted by Gasteiger charge is 2.28. The lowest BCUT2D eigenvalue weighted by atomic mass is 10.0. The van der Waals surface area contributed by atoms with Gasteiger partial charge >= 0.3 is 0 Å². The molecular formula is C16H19ClN4O3S. The van der Waals surface area contributed by atoms with Crippen molar-refractivity contribution in [3.63, 3.8) is 0 Å². The number of halogens is 1. The highest BCUT2D eigenvalue weighted by atomic mass is 35.5. The van der Waals surface area contributed by atoms with Crippen molar-refractivity contribution in [2.24, 2.45) is 11.7 Å². The summed E-state index contributed by atoms with van der Waals surface area (Å²) >= 11 is 1.30. The summed E-state index contributed by atoms with van der Waals surface area (Å²) in [6, 6.07) is 6.35. The summed E-state index contributed by atoms with van der Waals surface area (Å²) in [4.78, 5) is 27.1. The van der Waals surface area contributed by atoms with Gasteiger partial charge in [-0.3, -0.25) is 14.9 Å². The Balaban J connectivity index is 0.00000225. The molecule has 0 aliphatic heterocycles. The molecule has 2 atom stereocenters. The number of aromatic nitrogens is 1. The number of nitrogens with two attached hydrogens (primary N) is 1. The maximum atomic E-state index is 12.4. The molecule has 1 fully saturated rings. The third-order valence-corrected chi connectivity index (χ3v) is 5.21. The minimum atomic E-state index is -0.447. The van der Waals surface area contributed by atoms with Gasteiger partial charge in [0.15, 0.2) is 0 Å². The first-order chi connectivity index (χ1) is 11.6. The van der Waals surface area contributed by atoms with E-state index in [4.69, 9.17) is 5.73 Å². The zero-order valence-corrected chi connectivity index (χ0v) is 15.0. The fraction of sp³-hybridized carbons (Fsp3) is 0.375. The van der Waals surface area contributed by atoms with Crippen molar-refractivity contribution >= 4 is 35.3 Å². The summed E-state index contributed by atoms with van der Waals surface area (Å²) in [7, 11) is 0. The number of rotatable bonds is 5. The SMILES string of the molecule is Cl.NCC1CCCC1NC(=O)c1csc(-c2cccc([N+](=O)[O-])c2)n1. The minimum Gasteiger partial charge on any atom is -0.348 e. The first-order valence-corrected chi connectivity index (χ1v) is 8.67. The van der Waals surface area contributed by atoms with E-state index in [0.29, 0.717) is 28.7 Å². The molecule has 0 spiro atoms. The quantitative estimate of drug-likeness (QED) is 0.609. The van der Waals surface area contributed by atoms with Crippen molar-refractivity contribution < 1.29 is 9.72 Å². The fourth-order valence-corrected chi connectivity index (χ4v) is 3.81. The van der Waals surface area contributed by atoms with Crippen molar-refractivity contribution in [2.75, 3.05) is 6.54 Å². The number of carbonyl (C=O) groups is 1. The molecule has 25 heavy (non-hydrogen) atoms. The van der Waals surface area contributed by atoms with E-state index in [2.05, 4.69) is 10.3 Å². The third-order valence-electron chi connectivity index (χ3n) is 4.32. The summed E-state index contributed by atoms with van der Waals surface area (Å²) in [6.07, 6.45) is 3.05. The summed E-state index contributed by atoms with van der Waals surface area (Å²) in [5.41, 5.74) is 6.71. The molecule has 1 amide bonds. The number of nitro groups is 1. The average molecular weight is 383 g/mol. The van der Waals surface area contributed by atoms with Crippen LogP contribution in [0.5, 0.6) is 0 Å². The van der Waals surface area contributed by atoms with Crippen LogP contribution in [0.25, 0.3) is 10.6 Å². The molecule has 3 rings (SSSR count). The lowest BCUT2D eigenvalue weighted by molar-refractivity contribution is -0.384. The van der Waals surface area contributed by atoms with Crippen LogP contribution in [0, 0.1) is 16.0 Å². The Kier molecular flexibility index (Phi) is 6.46. The third kappa shape index (κ3) is 4.33. The maximum Gasteiger partial charge on any atom is 0.271 e. The van der Waals surface area contributed by atoms with E-state index in [-0.39, 0.29) is 30.0 Å². The molecule has 1 aromatic carbocycles. The summed E-state index contributed by atoms with van der Waals surface area (Å²) in [6.45, 7) is 0.570. The minimum absolute atomic E-state index is 0. The first-order valence-electron chi connectivity index (χ1n) is 7.79. The fourth-order valence-electron chi connectivity index (χ4n) is 3.01. The van der Waals surface area contributed by atoms with Gasteiger partial charge in [-0.25, -0.2) is 4.98 Å². The number of nitro benzene ring substituents is 1. The molecule has 134 valence electrons. The van der Waals surface area contributed by atoms with E-state index < -0.39 is 4.92 Å². The molecule has 1 aliphatic rings. The van der Waals surface area contributed by atoms with Crippen LogP contribution in [0.15, 0.2) is 29.6 Å². The second kappa shape index (κ2) is 8.37. The molecule has 0 saturated heterocycles. The van der Waals surface area contributed by atoms with Crippen LogP contribution in [0.2, 0.25) is 0 Å². The Morgan fingerprint density at radius 1 is 1.44 bits per heavy atom. The number of benzene rings is 1. The molecule has 1 saturated carbocycles. The Labute approximate surface area is 155 Å². The van der Waals surface area contributed by atoms with Crippen LogP contribution >= 0.6 is 23.7 Å². The van der Waals surface area contributed by atoms with Crippen molar-refractivity contribution in [3.8, 4) is 10.6 Å². The standard InChI is InChI=1S/C16H18N4O3S.ClH/c17-8-11-4-2-6-13(11)18-15(21)14-9-24-16(19-14)10-3-1-5-12(7-10)20(22)23;/h1,3,5,7,9,11,13H,2,4,6,8,17H2,(H,18,21);1H. The van der Waals surface area contributed by atoms with Gasteiger partial charge in [0.05, 0.1) is 4.92 Å². The van der Waals surface area contributed by atoms with Crippen molar-refractivity contribution in [2.45, 2.75) is 25.3 Å². The van der Waals surface area contributed by atoms with E-state index in [1.54, 1.807) is 17.5 Å². The van der Waals surface area contributed by atoms with Crippen LogP contribution in [0.1, 0.15) is 29.8 Å². The molecule has 1 aromatic heterocycles. The maximum absolute atomic E-state index is 12.4. The Morgan fingerprint density at radius 2 is 2.24 bits per heavy atom. The van der Waals surface area contributed by atoms with Crippen molar-refractivity contribution in [3.05, 3.63) is 45.5 Å². The van der Waals surface area contributed by atoms with Crippen molar-refractivity contribution in [1.29, 1.82) is 0 Å². The first kappa shape index (κ1) is 19.3. The van der Waals surface area contributed by atoms with Gasteiger partial charge < -0.3 is 11.1 Å². The molecular weight excluding hydrogens is 364 g/mol. The van der Waals surface area contributed by atoms with Gasteiger partial charge in [0.25, 0.3) is 11.6 Å². The lowest BCUT2D eigenvalue weighted by Gasteiger charge is -2.18. The molecule has 7 nitrogen and oxygen atoms in total. The van der Waals surface area contributed by atoms with Crippen LogP contribution in [-0.4, -0.2) is 28.4 Å². The predicted molar refractivity (Wildman–Crippen MR) is 99.1 cm³/mol. The van der Waals surface area contributed by atoms with Gasteiger partial charge in [-0.15, -0.1) is 23.7 Å². The molecule has 0 radical (unpaired) electrons. The summed E-state index contributed by atoms with van der Waals surface area (Å²) in [5, 5.41) is 16.1. The van der Waals surface area contributed by atoms with E-state index in [0.717, 1.165) is 19.3 Å². The van der Waals surface area contributed by atoms with E-state index in [1.165, 1.54) is 23.5 Å². The Bertz CT molecular complexity index is 767. The second-order valence-electron chi connectivity index (χ2n) is 5.85. The number of amides is 1. The number of hydrogen-bond acceptors (Lipinski definition) is 6. The van der Waals surface area contributed by atoms with E-state index in [9.17, 15) is 14.9 Å². The molecule has 9 heteroatoms. The second-order valence-corrected chi connectivity index (χ2v) is 6.71. The predicted octanol–water partition coefficient (Wildman–Crippen LogP) is 3.00. The molecule has 1 heterocycles. The highest BCUT2D eigenvalue weighted by molar-refractivity contribution is 7.13. The van der Waals surface area contributed by atoms with Crippen LogP contribution in [-0.2, 0) is 0 Å². The van der Waals surface area contributed by atoms with Gasteiger partial charge in [-0.05, 0) is 25.3 Å². The summed E-state index contributed by atoms with van der Waals surface area (Å²) < 4.78 is 0. The van der Waals surface area contributed by atoms with Gasteiger partial charge in [0, 0.05) is 29.1 Å². The van der Waals surface area contributed by atoms with E-state index in [1.807, 2.05) is 0 Å². The van der Waals surface area contributed by atoms with Gasteiger partial charge in [-0.2, -0.15) is 0 Å². The normalized spacial score (nSPS) is 19.2. The number of hydrogen-bond donors (Lipinski definition) is 2. The number of nitrogens with one attached hydrogen (secondary N) is 1. The number of non-ortho nitro benzene ring substituents is 1. The van der Waals surface area contributed by atoms with E-state index >= 15 is 0 Å². The zero-order chi connectivity index (χ0) is 17.1.